The molecule has 1 aromatic heterocycles. The maximum Gasteiger partial charge on any atom is 0.316 e. The van der Waals surface area contributed by atoms with E-state index in [0.29, 0.717) is 0 Å². The second-order valence-electron chi connectivity index (χ2n) is 3.11. The molecule has 1 heterocycles. The van der Waals surface area contributed by atoms with Gasteiger partial charge in [-0.25, -0.2) is 9.97 Å². The molecule has 0 saturated heterocycles. The molecule has 0 fully saturated rings. The molecule has 0 spiro atoms. The molecule has 0 aliphatic rings. The molecule has 0 amide bonds. The largest absolute Gasteiger partial charge is 0.481 e. The second-order valence-corrected chi connectivity index (χ2v) is 3.11. The Hall–Kier alpha value is -1.73. The smallest absolute Gasteiger partial charge is 0.316 e. The van der Waals surface area contributed by atoms with Crippen molar-refractivity contribution in [3.63, 3.8) is 0 Å². The van der Waals surface area contributed by atoms with Gasteiger partial charge in [-0.3, -0.25) is 4.79 Å². The molecule has 0 radical (unpaired) electrons. The molecule has 7 nitrogen and oxygen atoms in total. The van der Waals surface area contributed by atoms with Crippen LogP contribution in [-0.2, 0) is 4.79 Å². The van der Waals surface area contributed by atoms with Crippen LogP contribution in [0.3, 0.4) is 0 Å². The van der Waals surface area contributed by atoms with Crippen molar-refractivity contribution in [2.24, 2.45) is 0 Å². The third-order valence-electron chi connectivity index (χ3n) is 1.92. The Morgan fingerprint density at radius 2 is 2.00 bits per heavy atom. The van der Waals surface area contributed by atoms with Gasteiger partial charge in [0.05, 0.1) is 19.6 Å². The SMILES string of the molecule is COc1ncc(C(O)C(O)CC(=O)O)cn1. The van der Waals surface area contributed by atoms with E-state index in [9.17, 15) is 15.0 Å². The third-order valence-corrected chi connectivity index (χ3v) is 1.92. The van der Waals surface area contributed by atoms with Crippen molar-refractivity contribution >= 4 is 5.97 Å². The summed E-state index contributed by atoms with van der Waals surface area (Å²) in [5, 5.41) is 27.4. The average molecular weight is 228 g/mol. The Kier molecular flexibility index (Phi) is 4.15. The highest BCUT2D eigenvalue weighted by molar-refractivity contribution is 5.67. The topological polar surface area (TPSA) is 113 Å². The Balaban J connectivity index is 2.71. The predicted octanol–water partition coefficient (Wildman–Crippen LogP) is -0.646. The van der Waals surface area contributed by atoms with Gasteiger partial charge in [0.25, 0.3) is 0 Å². The summed E-state index contributed by atoms with van der Waals surface area (Å²) < 4.78 is 4.71. The number of carbonyl (C=O) groups is 1. The second kappa shape index (κ2) is 5.38. The molecule has 2 atom stereocenters. The highest BCUT2D eigenvalue weighted by atomic mass is 16.5. The van der Waals surface area contributed by atoms with Crippen molar-refractivity contribution in [2.75, 3.05) is 7.11 Å². The van der Waals surface area contributed by atoms with Gasteiger partial charge in [-0.15, -0.1) is 0 Å². The van der Waals surface area contributed by atoms with Crippen molar-refractivity contribution in [3.8, 4) is 6.01 Å². The van der Waals surface area contributed by atoms with Gasteiger partial charge in [-0.2, -0.15) is 0 Å². The average Bonchev–Trinajstić information content (AvgIpc) is 2.27. The van der Waals surface area contributed by atoms with Gasteiger partial charge in [0.1, 0.15) is 6.10 Å². The summed E-state index contributed by atoms with van der Waals surface area (Å²) in [6, 6.07) is 0.128. The molecule has 1 rings (SSSR count). The summed E-state index contributed by atoms with van der Waals surface area (Å²) >= 11 is 0. The van der Waals surface area contributed by atoms with Crippen molar-refractivity contribution in [3.05, 3.63) is 18.0 Å². The van der Waals surface area contributed by atoms with E-state index in [2.05, 4.69) is 9.97 Å². The summed E-state index contributed by atoms with van der Waals surface area (Å²) in [5.74, 6) is -1.19. The van der Waals surface area contributed by atoms with Crippen LogP contribution >= 0.6 is 0 Å². The number of hydrogen-bond donors (Lipinski definition) is 3. The highest BCUT2D eigenvalue weighted by Crippen LogP contribution is 2.18. The van der Waals surface area contributed by atoms with E-state index in [1.807, 2.05) is 0 Å². The highest BCUT2D eigenvalue weighted by Gasteiger charge is 2.21. The number of hydrogen-bond acceptors (Lipinski definition) is 6. The normalized spacial score (nSPS) is 14.2. The molecule has 0 aromatic carbocycles. The standard InChI is InChI=1S/C9H12N2O5/c1-16-9-10-3-5(4-11-9)8(15)6(12)2-7(13)14/h3-4,6,8,12,15H,2H2,1H3,(H,13,14). The van der Waals surface area contributed by atoms with Crippen LogP contribution in [0, 0.1) is 0 Å². The lowest BCUT2D eigenvalue weighted by atomic mass is 10.1. The summed E-state index contributed by atoms with van der Waals surface area (Å²) in [6.45, 7) is 0. The van der Waals surface area contributed by atoms with Crippen LogP contribution in [0.25, 0.3) is 0 Å². The summed E-state index contributed by atoms with van der Waals surface area (Å²) in [5.41, 5.74) is 0.231. The molecule has 3 N–H and O–H groups in total. The van der Waals surface area contributed by atoms with Crippen LogP contribution < -0.4 is 4.74 Å². The Morgan fingerprint density at radius 1 is 1.44 bits per heavy atom. The van der Waals surface area contributed by atoms with Gasteiger partial charge in [0.15, 0.2) is 0 Å². The van der Waals surface area contributed by atoms with Crippen molar-refractivity contribution in [1.82, 2.24) is 9.97 Å². The minimum atomic E-state index is -1.39. The zero-order valence-corrected chi connectivity index (χ0v) is 8.57. The number of aliphatic hydroxyl groups is 2. The molecular weight excluding hydrogens is 216 g/mol. The number of aromatic nitrogens is 2. The first kappa shape index (κ1) is 12.3. The van der Waals surface area contributed by atoms with Crippen molar-refractivity contribution < 1.29 is 24.9 Å². The number of methoxy groups -OCH3 is 1. The number of carboxylic acid groups (broad SMARTS) is 1. The first-order valence-electron chi connectivity index (χ1n) is 4.48. The van der Waals surface area contributed by atoms with E-state index in [0.717, 1.165) is 0 Å². The van der Waals surface area contributed by atoms with E-state index < -0.39 is 24.6 Å². The van der Waals surface area contributed by atoms with E-state index in [4.69, 9.17) is 9.84 Å². The number of ether oxygens (including phenoxy) is 1. The zero-order valence-electron chi connectivity index (χ0n) is 8.57. The Morgan fingerprint density at radius 3 is 2.44 bits per heavy atom. The molecule has 0 bridgehead atoms. The minimum Gasteiger partial charge on any atom is -0.481 e. The van der Waals surface area contributed by atoms with E-state index >= 15 is 0 Å². The molecule has 2 unspecified atom stereocenters. The van der Waals surface area contributed by atoms with Crippen LogP contribution in [0.2, 0.25) is 0 Å². The minimum absolute atomic E-state index is 0.128. The number of rotatable bonds is 5. The monoisotopic (exact) mass is 228 g/mol. The predicted molar refractivity (Wildman–Crippen MR) is 51.8 cm³/mol. The maximum absolute atomic E-state index is 10.3. The van der Waals surface area contributed by atoms with Gasteiger partial charge in [0, 0.05) is 18.0 Å². The summed E-state index contributed by atoms with van der Waals surface area (Å²) in [6.07, 6.45) is -0.743. The fraction of sp³-hybridized carbons (Fsp3) is 0.444. The van der Waals surface area contributed by atoms with E-state index in [-0.39, 0.29) is 11.6 Å². The molecule has 16 heavy (non-hydrogen) atoms. The van der Waals surface area contributed by atoms with Crippen LogP contribution in [0.5, 0.6) is 6.01 Å². The lowest BCUT2D eigenvalue weighted by Gasteiger charge is -2.15. The van der Waals surface area contributed by atoms with Crippen LogP contribution in [0.4, 0.5) is 0 Å². The number of aliphatic carboxylic acids is 1. The maximum atomic E-state index is 10.3. The van der Waals surface area contributed by atoms with Crippen molar-refractivity contribution in [2.45, 2.75) is 18.6 Å². The van der Waals surface area contributed by atoms with Gasteiger partial charge in [0.2, 0.25) is 0 Å². The number of carboxylic acids is 1. The number of nitrogens with zero attached hydrogens (tertiary/aromatic N) is 2. The Labute approximate surface area is 91.4 Å². The van der Waals surface area contributed by atoms with Crippen LogP contribution in [0.1, 0.15) is 18.1 Å². The Bertz CT molecular complexity index is 353. The fourth-order valence-corrected chi connectivity index (χ4v) is 1.10. The van der Waals surface area contributed by atoms with Gasteiger partial charge < -0.3 is 20.1 Å². The molecule has 7 heteroatoms. The lowest BCUT2D eigenvalue weighted by Crippen LogP contribution is -2.22. The molecular formula is C9H12N2O5. The molecule has 1 aromatic rings. The van der Waals surface area contributed by atoms with Gasteiger partial charge in [-0.1, -0.05) is 0 Å². The molecule has 88 valence electrons. The number of aliphatic hydroxyl groups excluding tert-OH is 2. The van der Waals surface area contributed by atoms with Crippen molar-refractivity contribution in [1.29, 1.82) is 0 Å². The molecule has 0 aliphatic carbocycles. The third kappa shape index (κ3) is 3.14. The van der Waals surface area contributed by atoms with Gasteiger partial charge >= 0.3 is 12.0 Å². The van der Waals surface area contributed by atoms with Crippen LogP contribution in [-0.4, -0.2) is 44.5 Å². The summed E-state index contributed by atoms with van der Waals surface area (Å²) in [4.78, 5) is 17.8. The van der Waals surface area contributed by atoms with Gasteiger partial charge in [-0.05, 0) is 0 Å². The first-order chi connectivity index (χ1) is 7.54. The lowest BCUT2D eigenvalue weighted by molar-refractivity contribution is -0.141. The summed E-state index contributed by atoms with van der Waals surface area (Å²) in [7, 11) is 1.39. The van der Waals surface area contributed by atoms with E-state index in [1.54, 1.807) is 0 Å². The first-order valence-corrected chi connectivity index (χ1v) is 4.48. The molecule has 0 aliphatic heterocycles. The zero-order chi connectivity index (χ0) is 12.1. The van der Waals surface area contributed by atoms with Crippen LogP contribution in [0.15, 0.2) is 12.4 Å². The quantitative estimate of drug-likeness (QED) is 0.614. The molecule has 0 saturated carbocycles. The van der Waals surface area contributed by atoms with E-state index in [1.165, 1.54) is 19.5 Å². The fourth-order valence-electron chi connectivity index (χ4n) is 1.10.